The first-order valence-electron chi connectivity index (χ1n) is 11.3. The first-order valence-corrected chi connectivity index (χ1v) is 14.8. The molecule has 190 valence electrons. The highest BCUT2D eigenvalue weighted by molar-refractivity contribution is 7.92. The van der Waals surface area contributed by atoms with Crippen LogP contribution in [-0.2, 0) is 30.6 Å². The van der Waals surface area contributed by atoms with Crippen LogP contribution in [-0.4, -0.2) is 40.1 Å². The topological polar surface area (TPSA) is 113 Å². The van der Waals surface area contributed by atoms with Crippen molar-refractivity contribution in [2.75, 3.05) is 23.1 Å². The Bertz CT molecular complexity index is 1420. The number of sulfonamides is 2. The van der Waals surface area contributed by atoms with Gasteiger partial charge in [0.2, 0.25) is 15.9 Å². The van der Waals surface area contributed by atoms with E-state index < -0.39 is 20.0 Å². The lowest BCUT2D eigenvalue weighted by Crippen LogP contribution is -2.41. The zero-order valence-electron chi connectivity index (χ0n) is 19.3. The van der Waals surface area contributed by atoms with Crippen molar-refractivity contribution in [1.29, 1.82) is 0 Å². The van der Waals surface area contributed by atoms with Crippen LogP contribution in [0.5, 0.6) is 0 Å². The summed E-state index contributed by atoms with van der Waals surface area (Å²) < 4.78 is 54.7. The summed E-state index contributed by atoms with van der Waals surface area (Å²) in [5.74, 6) is -0.621. The molecule has 0 spiro atoms. The van der Waals surface area contributed by atoms with Crippen LogP contribution in [0.25, 0.3) is 0 Å². The molecule has 1 heterocycles. The van der Waals surface area contributed by atoms with E-state index in [9.17, 15) is 21.6 Å². The van der Waals surface area contributed by atoms with Gasteiger partial charge in [-0.2, -0.15) is 0 Å². The molecule has 0 aromatic heterocycles. The summed E-state index contributed by atoms with van der Waals surface area (Å²) in [6, 6.07) is 21.3. The third kappa shape index (κ3) is 6.44. The van der Waals surface area contributed by atoms with Crippen molar-refractivity contribution < 1.29 is 21.6 Å². The van der Waals surface area contributed by atoms with Gasteiger partial charge in [0.15, 0.2) is 0 Å². The molecule has 0 aliphatic carbocycles. The van der Waals surface area contributed by atoms with Crippen molar-refractivity contribution in [1.82, 2.24) is 4.31 Å². The smallest absolute Gasteiger partial charge is 0.261 e. The maximum atomic E-state index is 12.8. The number of nitrogens with one attached hydrogen (secondary N) is 2. The molecule has 8 nitrogen and oxygen atoms in total. The number of piperidine rings is 1. The zero-order valence-corrected chi connectivity index (χ0v) is 21.7. The number of anilines is 2. The van der Waals surface area contributed by atoms with Gasteiger partial charge in [-0.05, 0) is 54.8 Å². The minimum Gasteiger partial charge on any atom is -0.326 e. The summed E-state index contributed by atoms with van der Waals surface area (Å²) in [7, 11) is -7.31. The lowest BCUT2D eigenvalue weighted by atomic mass is 9.97. The van der Waals surface area contributed by atoms with E-state index in [-0.39, 0.29) is 46.3 Å². The van der Waals surface area contributed by atoms with Crippen LogP contribution in [0.3, 0.4) is 0 Å². The minimum atomic E-state index is -3.85. The number of para-hydroxylation sites is 1. The predicted molar refractivity (Wildman–Crippen MR) is 141 cm³/mol. The van der Waals surface area contributed by atoms with E-state index in [1.54, 1.807) is 48.5 Å². The Balaban J connectivity index is 1.32. The standard InChI is InChI=1S/C25H26ClN3O5S2/c26-23-8-4-5-9-24(23)28-36(33,34)22-12-10-21(11-13-22)27-25(30)20-14-16-29(17-15-20)35(31,32)18-19-6-2-1-3-7-19/h1-13,20,28H,14-18H2,(H,27,30). The zero-order chi connectivity index (χ0) is 25.8. The van der Waals surface area contributed by atoms with E-state index in [0.717, 1.165) is 5.56 Å². The number of hydrogen-bond acceptors (Lipinski definition) is 5. The van der Waals surface area contributed by atoms with E-state index in [1.807, 2.05) is 6.07 Å². The summed E-state index contributed by atoms with van der Waals surface area (Å²) in [4.78, 5) is 12.8. The van der Waals surface area contributed by atoms with Gasteiger partial charge in [-0.15, -0.1) is 0 Å². The molecular weight excluding hydrogens is 522 g/mol. The highest BCUT2D eigenvalue weighted by Crippen LogP contribution is 2.26. The first kappa shape index (κ1) is 26.2. The van der Waals surface area contributed by atoms with Gasteiger partial charge in [0.1, 0.15) is 0 Å². The van der Waals surface area contributed by atoms with Gasteiger partial charge < -0.3 is 5.32 Å². The maximum Gasteiger partial charge on any atom is 0.261 e. The van der Waals surface area contributed by atoms with Crippen molar-refractivity contribution >= 4 is 48.9 Å². The molecular formula is C25H26ClN3O5S2. The fraction of sp³-hybridized carbons (Fsp3) is 0.240. The summed E-state index contributed by atoms with van der Waals surface area (Å²) in [6.07, 6.45) is 0.822. The van der Waals surface area contributed by atoms with Gasteiger partial charge in [-0.25, -0.2) is 21.1 Å². The van der Waals surface area contributed by atoms with Gasteiger partial charge in [-0.1, -0.05) is 54.1 Å². The molecule has 1 amide bonds. The monoisotopic (exact) mass is 547 g/mol. The Morgan fingerprint density at radius 1 is 0.861 bits per heavy atom. The van der Waals surface area contributed by atoms with Crippen molar-refractivity contribution in [3.05, 3.63) is 89.4 Å². The molecule has 0 unspecified atom stereocenters. The van der Waals surface area contributed by atoms with Gasteiger partial charge in [0, 0.05) is 24.7 Å². The van der Waals surface area contributed by atoms with E-state index in [0.29, 0.717) is 18.5 Å². The second-order valence-electron chi connectivity index (χ2n) is 8.51. The molecule has 3 aromatic carbocycles. The molecule has 1 saturated heterocycles. The molecule has 1 aliphatic rings. The molecule has 2 N–H and O–H groups in total. The normalized spacial score (nSPS) is 15.4. The van der Waals surface area contributed by atoms with Gasteiger partial charge >= 0.3 is 0 Å². The van der Waals surface area contributed by atoms with Gasteiger partial charge in [0.25, 0.3) is 10.0 Å². The fourth-order valence-corrected chi connectivity index (χ4v) is 6.86. The Labute approximate surface area is 216 Å². The number of rotatable bonds is 8. The number of carbonyl (C=O) groups excluding carboxylic acids is 1. The Kier molecular flexibility index (Phi) is 7.99. The van der Waals surface area contributed by atoms with E-state index in [2.05, 4.69) is 10.0 Å². The molecule has 36 heavy (non-hydrogen) atoms. The second kappa shape index (κ2) is 11.0. The molecule has 1 fully saturated rings. The number of amides is 1. The molecule has 0 saturated carbocycles. The number of carbonyl (C=O) groups is 1. The molecule has 4 rings (SSSR count). The van der Waals surface area contributed by atoms with Gasteiger partial charge in [0.05, 0.1) is 21.4 Å². The summed E-state index contributed by atoms with van der Waals surface area (Å²) in [5, 5.41) is 3.08. The van der Waals surface area contributed by atoms with Crippen LogP contribution >= 0.6 is 11.6 Å². The summed E-state index contributed by atoms with van der Waals surface area (Å²) in [6.45, 7) is 0.552. The van der Waals surface area contributed by atoms with E-state index >= 15 is 0 Å². The van der Waals surface area contributed by atoms with Crippen molar-refractivity contribution in [3.8, 4) is 0 Å². The largest absolute Gasteiger partial charge is 0.326 e. The average molecular weight is 548 g/mol. The number of halogens is 1. The maximum absolute atomic E-state index is 12.8. The second-order valence-corrected chi connectivity index (χ2v) is 12.6. The minimum absolute atomic E-state index is 0.0253. The molecule has 0 bridgehead atoms. The Hall–Kier alpha value is -2.92. The molecule has 0 radical (unpaired) electrons. The lowest BCUT2D eigenvalue weighted by molar-refractivity contribution is -0.120. The van der Waals surface area contributed by atoms with E-state index in [1.165, 1.54) is 28.6 Å². The third-order valence-electron chi connectivity index (χ3n) is 5.96. The highest BCUT2D eigenvalue weighted by atomic mass is 35.5. The van der Waals surface area contributed by atoms with Crippen LogP contribution < -0.4 is 10.0 Å². The average Bonchev–Trinajstić information content (AvgIpc) is 2.86. The fourth-order valence-electron chi connectivity index (χ4n) is 3.98. The summed E-state index contributed by atoms with van der Waals surface area (Å²) in [5.41, 5.74) is 1.45. The number of nitrogens with zero attached hydrogens (tertiary/aromatic N) is 1. The predicted octanol–water partition coefficient (Wildman–Crippen LogP) is 4.32. The number of benzene rings is 3. The van der Waals surface area contributed by atoms with Crippen LogP contribution in [0.2, 0.25) is 5.02 Å². The molecule has 11 heteroatoms. The molecule has 0 atom stereocenters. The van der Waals surface area contributed by atoms with Crippen LogP contribution in [0.15, 0.2) is 83.8 Å². The first-order chi connectivity index (χ1) is 17.1. The quantitative estimate of drug-likeness (QED) is 0.436. The van der Waals surface area contributed by atoms with Crippen molar-refractivity contribution in [2.45, 2.75) is 23.5 Å². The van der Waals surface area contributed by atoms with Crippen molar-refractivity contribution in [3.63, 3.8) is 0 Å². The third-order valence-corrected chi connectivity index (χ3v) is 9.52. The SMILES string of the molecule is O=C(Nc1ccc(S(=O)(=O)Nc2ccccc2Cl)cc1)C1CCN(S(=O)(=O)Cc2ccccc2)CC1. The van der Waals surface area contributed by atoms with Crippen LogP contribution in [0, 0.1) is 5.92 Å². The molecule has 1 aliphatic heterocycles. The lowest BCUT2D eigenvalue weighted by Gasteiger charge is -2.30. The summed E-state index contributed by atoms with van der Waals surface area (Å²) >= 11 is 6.03. The number of hydrogen-bond donors (Lipinski definition) is 2. The Morgan fingerprint density at radius 2 is 1.47 bits per heavy atom. The van der Waals surface area contributed by atoms with Gasteiger partial charge in [-0.3, -0.25) is 9.52 Å². The molecule has 3 aromatic rings. The highest BCUT2D eigenvalue weighted by Gasteiger charge is 2.31. The van der Waals surface area contributed by atoms with Crippen molar-refractivity contribution in [2.24, 2.45) is 5.92 Å². The van der Waals surface area contributed by atoms with Crippen LogP contribution in [0.4, 0.5) is 11.4 Å². The Morgan fingerprint density at radius 3 is 2.11 bits per heavy atom. The van der Waals surface area contributed by atoms with E-state index in [4.69, 9.17) is 11.6 Å². The van der Waals surface area contributed by atoms with Crippen LogP contribution in [0.1, 0.15) is 18.4 Å².